The number of aryl methyl sites for hydroxylation is 2. The molecular formula is C20H18N4O5S. The molecule has 9 nitrogen and oxygen atoms in total. The molecule has 3 heterocycles. The van der Waals surface area contributed by atoms with E-state index in [0.29, 0.717) is 22.0 Å². The highest BCUT2D eigenvalue weighted by atomic mass is 32.1. The summed E-state index contributed by atoms with van der Waals surface area (Å²) in [7, 11) is 1.59. The summed E-state index contributed by atoms with van der Waals surface area (Å²) in [5.41, 5.74) is -0.135. The van der Waals surface area contributed by atoms with Gasteiger partial charge in [0.05, 0.1) is 19.9 Å². The number of hydrogen-bond donors (Lipinski definition) is 0. The Morgan fingerprint density at radius 3 is 2.73 bits per heavy atom. The number of benzene rings is 1. The number of hydrogen-bond acceptors (Lipinski definition) is 8. The molecular weight excluding hydrogens is 408 g/mol. The number of carbonyl (C=O) groups is 1. The number of nitrogens with zero attached hydrogens (tertiary/aromatic N) is 4. The van der Waals surface area contributed by atoms with Crippen molar-refractivity contribution < 1.29 is 13.9 Å². The molecule has 0 bridgehead atoms. The summed E-state index contributed by atoms with van der Waals surface area (Å²) in [6.45, 7) is 1.30. The van der Waals surface area contributed by atoms with Crippen LogP contribution >= 0.6 is 11.3 Å². The first-order valence-electron chi connectivity index (χ1n) is 9.15. The first-order chi connectivity index (χ1) is 14.5. The van der Waals surface area contributed by atoms with Gasteiger partial charge in [-0.05, 0) is 25.0 Å². The van der Waals surface area contributed by atoms with Crippen LogP contribution < -0.4 is 16.0 Å². The molecule has 0 atom stereocenters. The van der Waals surface area contributed by atoms with Gasteiger partial charge in [0.25, 0.3) is 11.4 Å². The number of oxazole rings is 1. The second-order valence-electron chi connectivity index (χ2n) is 6.60. The monoisotopic (exact) mass is 426 g/mol. The molecule has 4 aromatic rings. The number of carbonyl (C=O) groups excluding carboxylic acids is 1. The van der Waals surface area contributed by atoms with Crippen LogP contribution in [0, 0.1) is 0 Å². The third-order valence-corrected chi connectivity index (χ3v) is 5.62. The van der Waals surface area contributed by atoms with E-state index in [1.54, 1.807) is 7.11 Å². The second-order valence-corrected chi connectivity index (χ2v) is 7.58. The van der Waals surface area contributed by atoms with Crippen LogP contribution in [0.4, 0.5) is 0 Å². The number of methoxy groups -OCH3 is 1. The first-order valence-corrected chi connectivity index (χ1v) is 9.96. The van der Waals surface area contributed by atoms with Crippen LogP contribution in [0.15, 0.2) is 50.7 Å². The number of Topliss-reactive ketones (excluding diaryl/α,β-unsaturated/α-hetero) is 1. The zero-order chi connectivity index (χ0) is 21.3. The number of aromatic nitrogens is 4. The number of ketones is 1. The molecule has 0 aliphatic heterocycles. The highest BCUT2D eigenvalue weighted by Gasteiger charge is 2.21. The number of rotatable bonds is 7. The van der Waals surface area contributed by atoms with E-state index >= 15 is 0 Å². The fourth-order valence-corrected chi connectivity index (χ4v) is 4.22. The molecule has 0 spiro atoms. The maximum Gasteiger partial charge on any atom is 0.332 e. The van der Waals surface area contributed by atoms with Gasteiger partial charge in [0.1, 0.15) is 22.6 Å². The Morgan fingerprint density at radius 2 is 2.03 bits per heavy atom. The molecule has 4 rings (SSSR count). The highest BCUT2D eigenvalue weighted by molar-refractivity contribution is 7.21. The van der Waals surface area contributed by atoms with Crippen molar-refractivity contribution >= 4 is 27.5 Å². The predicted molar refractivity (Wildman–Crippen MR) is 111 cm³/mol. The molecule has 0 amide bonds. The Bertz CT molecular complexity index is 1330. The van der Waals surface area contributed by atoms with Gasteiger partial charge in [0.2, 0.25) is 0 Å². The van der Waals surface area contributed by atoms with E-state index < -0.39 is 11.2 Å². The van der Waals surface area contributed by atoms with E-state index in [0.717, 1.165) is 21.5 Å². The van der Waals surface area contributed by atoms with Gasteiger partial charge in [-0.1, -0.05) is 29.5 Å². The molecule has 0 fully saturated rings. The molecule has 1 aromatic carbocycles. The lowest BCUT2D eigenvalue weighted by Crippen LogP contribution is -2.41. The summed E-state index contributed by atoms with van der Waals surface area (Å²) in [5.74, 6) is 0.675. The summed E-state index contributed by atoms with van der Waals surface area (Å²) in [4.78, 5) is 46.4. The minimum absolute atomic E-state index is 0.106. The van der Waals surface area contributed by atoms with E-state index in [4.69, 9.17) is 9.15 Å². The van der Waals surface area contributed by atoms with Crippen LogP contribution in [0.1, 0.15) is 12.5 Å². The van der Waals surface area contributed by atoms with Gasteiger partial charge in [-0.15, -0.1) is 0 Å². The van der Waals surface area contributed by atoms with Crippen molar-refractivity contribution in [2.75, 3.05) is 7.11 Å². The van der Waals surface area contributed by atoms with Crippen LogP contribution in [-0.4, -0.2) is 32.0 Å². The molecule has 30 heavy (non-hydrogen) atoms. The number of para-hydroxylation sites is 1. The van der Waals surface area contributed by atoms with Gasteiger partial charge in [0, 0.05) is 6.54 Å². The lowest BCUT2D eigenvalue weighted by Gasteiger charge is -2.12. The predicted octanol–water partition coefficient (Wildman–Crippen LogP) is 2.12. The Kier molecular flexibility index (Phi) is 5.32. The fraction of sp³-hybridized carbons (Fsp3) is 0.250. The highest BCUT2D eigenvalue weighted by Crippen LogP contribution is 2.27. The molecule has 0 radical (unpaired) electrons. The zero-order valence-electron chi connectivity index (χ0n) is 16.3. The Morgan fingerprint density at radius 1 is 1.23 bits per heavy atom. The van der Waals surface area contributed by atoms with Gasteiger partial charge in [-0.3, -0.25) is 18.7 Å². The molecule has 3 aromatic heterocycles. The normalized spacial score (nSPS) is 11.1. The third kappa shape index (κ3) is 3.57. The minimum atomic E-state index is -0.604. The average Bonchev–Trinajstić information content (AvgIpc) is 3.41. The summed E-state index contributed by atoms with van der Waals surface area (Å²) < 4.78 is 13.1. The molecule has 154 valence electrons. The number of fused-ring (bicyclic) bond motifs is 1. The largest absolute Gasteiger partial charge is 0.496 e. The van der Waals surface area contributed by atoms with Crippen LogP contribution in [0.25, 0.3) is 21.2 Å². The van der Waals surface area contributed by atoms with Crippen molar-refractivity contribution in [2.24, 2.45) is 0 Å². The maximum absolute atomic E-state index is 13.1. The van der Waals surface area contributed by atoms with Crippen molar-refractivity contribution in [1.29, 1.82) is 0 Å². The Hall–Kier alpha value is -3.53. The quantitative estimate of drug-likeness (QED) is 0.445. The molecule has 0 aliphatic carbocycles. The van der Waals surface area contributed by atoms with Gasteiger partial charge >= 0.3 is 5.69 Å². The Balaban J connectivity index is 1.86. The van der Waals surface area contributed by atoms with Gasteiger partial charge in [0.15, 0.2) is 10.5 Å². The Labute approximate surface area is 174 Å². The molecule has 0 saturated heterocycles. The summed E-state index contributed by atoms with van der Waals surface area (Å²) in [6, 6.07) is 7.51. The lowest BCUT2D eigenvalue weighted by molar-refractivity contribution is -0.117. The molecule has 10 heteroatoms. The van der Waals surface area contributed by atoms with Crippen molar-refractivity contribution in [3.05, 3.63) is 63.1 Å². The van der Waals surface area contributed by atoms with E-state index in [2.05, 4.69) is 9.97 Å². The van der Waals surface area contributed by atoms with Crippen molar-refractivity contribution in [3.8, 4) is 16.6 Å². The van der Waals surface area contributed by atoms with E-state index in [-0.39, 0.29) is 30.3 Å². The van der Waals surface area contributed by atoms with E-state index in [9.17, 15) is 14.4 Å². The summed E-state index contributed by atoms with van der Waals surface area (Å²) in [6.07, 6.45) is 3.37. The second kappa shape index (κ2) is 8.07. The lowest BCUT2D eigenvalue weighted by atomic mass is 10.1. The molecule has 0 saturated carbocycles. The first kappa shape index (κ1) is 19.8. The summed E-state index contributed by atoms with van der Waals surface area (Å²) in [5, 5.41) is 0.387. The molecule has 0 unspecified atom stereocenters. The van der Waals surface area contributed by atoms with Gasteiger partial charge < -0.3 is 9.15 Å². The minimum Gasteiger partial charge on any atom is -0.496 e. The number of ether oxygens (including phenoxy) is 1. The molecule has 0 aliphatic rings. The van der Waals surface area contributed by atoms with E-state index in [1.165, 1.54) is 24.0 Å². The van der Waals surface area contributed by atoms with Crippen molar-refractivity contribution in [1.82, 2.24) is 19.1 Å². The standard InChI is InChI=1S/C20H18N4O5S/c1-12(25)11-24-18(26)15-19(30-17(22-15)16-21-8-10-29-16)23(20(24)27)9-7-13-5-3-4-6-14(13)28-2/h3-6,8,10H,7,9,11H2,1-2H3. The van der Waals surface area contributed by atoms with Gasteiger partial charge in [-0.2, -0.15) is 0 Å². The summed E-state index contributed by atoms with van der Waals surface area (Å²) >= 11 is 1.15. The van der Waals surface area contributed by atoms with Crippen LogP contribution in [0.3, 0.4) is 0 Å². The topological polar surface area (TPSA) is 109 Å². The maximum atomic E-state index is 13.1. The van der Waals surface area contributed by atoms with Crippen LogP contribution in [0.2, 0.25) is 0 Å². The fourth-order valence-electron chi connectivity index (χ4n) is 3.20. The van der Waals surface area contributed by atoms with Crippen LogP contribution in [0.5, 0.6) is 5.75 Å². The third-order valence-electron chi connectivity index (χ3n) is 4.56. The van der Waals surface area contributed by atoms with Crippen molar-refractivity contribution in [3.63, 3.8) is 0 Å². The zero-order valence-corrected chi connectivity index (χ0v) is 17.1. The van der Waals surface area contributed by atoms with Crippen molar-refractivity contribution in [2.45, 2.75) is 26.4 Å². The van der Waals surface area contributed by atoms with Gasteiger partial charge in [-0.25, -0.2) is 14.8 Å². The SMILES string of the molecule is COc1ccccc1CCn1c(=O)n(CC(C)=O)c(=O)c2nc(-c3ncco3)sc21. The number of thiazole rings is 1. The van der Waals surface area contributed by atoms with Crippen LogP contribution in [-0.2, 0) is 24.3 Å². The molecule has 0 N–H and O–H groups in total. The smallest absolute Gasteiger partial charge is 0.332 e. The van der Waals surface area contributed by atoms with E-state index in [1.807, 2.05) is 24.3 Å². The average molecular weight is 426 g/mol.